The minimum atomic E-state index is 1.33. The molecule has 0 bridgehead atoms. The van der Waals surface area contributed by atoms with Gasteiger partial charge in [0.05, 0.1) is 4.01 Å². The number of fused-ring (bicyclic) bond motifs is 9. The Kier molecular flexibility index (Phi) is 2.46. The second kappa shape index (κ2) is 4.56. The average molecular weight is 340 g/mol. The quantitative estimate of drug-likeness (QED) is 0.267. The monoisotopic (exact) mass is 340 g/mol. The van der Waals surface area contributed by atoms with Gasteiger partial charge in [-0.1, -0.05) is 72.8 Å². The number of hydrogen-bond acceptors (Lipinski definition) is 2. The Labute approximate surface area is 146 Å². The highest BCUT2D eigenvalue weighted by Crippen LogP contribution is 2.47. The maximum absolute atomic E-state index is 2.30. The molecule has 112 valence electrons. The zero-order valence-corrected chi connectivity index (χ0v) is 14.4. The van der Waals surface area contributed by atoms with Gasteiger partial charge in [0.25, 0.3) is 0 Å². The smallest absolute Gasteiger partial charge is 0.0890 e. The van der Waals surface area contributed by atoms with E-state index in [2.05, 4.69) is 72.8 Å². The molecule has 0 radical (unpaired) electrons. The van der Waals surface area contributed by atoms with Crippen LogP contribution in [0.3, 0.4) is 0 Å². The van der Waals surface area contributed by atoms with Crippen molar-refractivity contribution in [3.63, 3.8) is 0 Å². The molecule has 0 atom stereocenters. The average Bonchev–Trinajstić information content (AvgIpc) is 3.18. The summed E-state index contributed by atoms with van der Waals surface area (Å²) < 4.78 is 4.28. The molecule has 6 aromatic rings. The van der Waals surface area contributed by atoms with Gasteiger partial charge in [-0.05, 0) is 21.5 Å². The lowest BCUT2D eigenvalue weighted by molar-refractivity contribution is 1.82. The fourth-order valence-electron chi connectivity index (χ4n) is 3.77. The van der Waals surface area contributed by atoms with Gasteiger partial charge in [0.2, 0.25) is 0 Å². The lowest BCUT2D eigenvalue weighted by Gasteiger charge is -2.01. The topological polar surface area (TPSA) is 0 Å². The summed E-state index contributed by atoms with van der Waals surface area (Å²) in [5.41, 5.74) is 0. The Balaban J connectivity index is 1.87. The normalized spacial score (nSPS) is 12.2. The van der Waals surface area contributed by atoms with Crippen molar-refractivity contribution in [1.82, 2.24) is 0 Å². The van der Waals surface area contributed by atoms with E-state index in [4.69, 9.17) is 0 Å². The molecule has 0 unspecified atom stereocenters. The third kappa shape index (κ3) is 1.57. The highest BCUT2D eigenvalue weighted by Gasteiger charge is 2.15. The summed E-state index contributed by atoms with van der Waals surface area (Å²) >= 11 is 3.89. The van der Waals surface area contributed by atoms with E-state index in [1.54, 1.807) is 0 Å². The zero-order valence-electron chi connectivity index (χ0n) is 12.7. The van der Waals surface area contributed by atoms with Crippen LogP contribution in [0.5, 0.6) is 0 Å². The SMILES string of the molecule is c1ccc2c(c1)ccc1c2sc2sc3c4ccccc4ccc3c21. The van der Waals surface area contributed by atoms with Gasteiger partial charge in [0.15, 0.2) is 0 Å². The van der Waals surface area contributed by atoms with Gasteiger partial charge in [-0.2, -0.15) is 0 Å². The van der Waals surface area contributed by atoms with Crippen molar-refractivity contribution < 1.29 is 0 Å². The Morgan fingerprint density at radius 1 is 0.458 bits per heavy atom. The molecule has 0 spiro atoms. The van der Waals surface area contributed by atoms with Crippen LogP contribution in [0.15, 0.2) is 72.8 Å². The van der Waals surface area contributed by atoms with Crippen molar-refractivity contribution in [1.29, 1.82) is 0 Å². The molecule has 4 aromatic carbocycles. The van der Waals surface area contributed by atoms with Crippen molar-refractivity contribution in [2.45, 2.75) is 0 Å². The molecule has 2 heteroatoms. The summed E-state index contributed by atoms with van der Waals surface area (Å²) in [6.45, 7) is 0. The molecule has 0 nitrogen and oxygen atoms in total. The lowest BCUT2D eigenvalue weighted by Crippen LogP contribution is -1.74. The molecular weight excluding hydrogens is 328 g/mol. The van der Waals surface area contributed by atoms with Gasteiger partial charge in [0, 0.05) is 25.6 Å². The molecule has 24 heavy (non-hydrogen) atoms. The molecule has 0 aliphatic heterocycles. The molecule has 6 rings (SSSR count). The first kappa shape index (κ1) is 12.9. The third-order valence-corrected chi connectivity index (χ3v) is 7.46. The number of rotatable bonds is 0. The Hall–Kier alpha value is -2.42. The van der Waals surface area contributed by atoms with Crippen LogP contribution in [-0.4, -0.2) is 0 Å². The summed E-state index contributed by atoms with van der Waals surface area (Å²) in [5, 5.41) is 9.63. The van der Waals surface area contributed by atoms with E-state index in [9.17, 15) is 0 Å². The Bertz CT molecular complexity index is 1290. The first-order chi connectivity index (χ1) is 11.9. The van der Waals surface area contributed by atoms with Crippen molar-refractivity contribution in [2.24, 2.45) is 0 Å². The largest absolute Gasteiger partial charge is 0.123 e. The molecule has 0 fully saturated rings. The molecule has 0 N–H and O–H groups in total. The summed E-state index contributed by atoms with van der Waals surface area (Å²) in [5.74, 6) is 0. The van der Waals surface area contributed by atoms with E-state index < -0.39 is 0 Å². The number of thiophene rings is 2. The maximum atomic E-state index is 2.30. The van der Waals surface area contributed by atoms with Gasteiger partial charge < -0.3 is 0 Å². The molecule has 2 heterocycles. The molecule has 2 aromatic heterocycles. The summed E-state index contributed by atoms with van der Waals surface area (Å²) in [6.07, 6.45) is 0. The predicted molar refractivity (Wildman–Crippen MR) is 110 cm³/mol. The van der Waals surface area contributed by atoms with E-state index in [1.807, 2.05) is 22.7 Å². The van der Waals surface area contributed by atoms with Crippen LogP contribution in [0.1, 0.15) is 0 Å². The van der Waals surface area contributed by atoms with Crippen LogP contribution >= 0.6 is 22.7 Å². The highest BCUT2D eigenvalue weighted by atomic mass is 32.2. The molecule has 0 saturated carbocycles. The predicted octanol–water partition coefficient (Wildman–Crippen LogP) is 7.58. The minimum Gasteiger partial charge on any atom is -0.123 e. The van der Waals surface area contributed by atoms with E-state index >= 15 is 0 Å². The number of benzene rings is 4. The van der Waals surface area contributed by atoms with Crippen LogP contribution in [0, 0.1) is 0 Å². The second-order valence-corrected chi connectivity index (χ2v) is 8.49. The fourth-order valence-corrected chi connectivity index (χ4v) is 6.61. The highest BCUT2D eigenvalue weighted by molar-refractivity contribution is 7.45. The van der Waals surface area contributed by atoms with Crippen molar-refractivity contribution in [3.8, 4) is 0 Å². The van der Waals surface area contributed by atoms with Gasteiger partial charge in [-0.15, -0.1) is 22.7 Å². The molecule has 0 aliphatic carbocycles. The zero-order chi connectivity index (χ0) is 15.7. The van der Waals surface area contributed by atoms with E-state index in [-0.39, 0.29) is 0 Å². The Morgan fingerprint density at radius 3 is 1.50 bits per heavy atom. The lowest BCUT2D eigenvalue weighted by atomic mass is 10.0. The molecular formula is C22H12S2. The fraction of sp³-hybridized carbons (Fsp3) is 0. The van der Waals surface area contributed by atoms with Crippen LogP contribution in [0.25, 0.3) is 51.1 Å². The standard InChI is InChI=1S/C22H12S2/c1-3-7-15-13(5-1)9-11-17-19-18-12-10-14-6-2-4-8-16(14)21(18)24-22(19)23-20(15)17/h1-12H. The van der Waals surface area contributed by atoms with Gasteiger partial charge in [-0.25, -0.2) is 0 Å². The van der Waals surface area contributed by atoms with Crippen LogP contribution in [0.2, 0.25) is 0 Å². The van der Waals surface area contributed by atoms with Gasteiger partial charge in [-0.3, -0.25) is 0 Å². The number of hydrogen-bond donors (Lipinski definition) is 0. The van der Waals surface area contributed by atoms with Crippen LogP contribution in [0.4, 0.5) is 0 Å². The summed E-state index contributed by atoms with van der Waals surface area (Å²) in [7, 11) is 0. The maximum Gasteiger partial charge on any atom is 0.0890 e. The van der Waals surface area contributed by atoms with Gasteiger partial charge in [0.1, 0.15) is 0 Å². The van der Waals surface area contributed by atoms with Crippen molar-refractivity contribution in [2.75, 3.05) is 0 Å². The first-order valence-electron chi connectivity index (χ1n) is 8.04. The van der Waals surface area contributed by atoms with Crippen molar-refractivity contribution >= 4 is 73.8 Å². The second-order valence-electron chi connectivity index (χ2n) is 6.19. The van der Waals surface area contributed by atoms with Crippen LogP contribution < -0.4 is 0 Å². The van der Waals surface area contributed by atoms with E-state index in [1.165, 1.54) is 51.1 Å². The summed E-state index contributed by atoms with van der Waals surface area (Å²) in [4.78, 5) is 0. The summed E-state index contributed by atoms with van der Waals surface area (Å²) in [6, 6.07) is 26.5. The molecule has 0 aliphatic rings. The van der Waals surface area contributed by atoms with E-state index in [0.29, 0.717) is 0 Å². The first-order valence-corrected chi connectivity index (χ1v) is 9.68. The third-order valence-electron chi connectivity index (χ3n) is 4.89. The van der Waals surface area contributed by atoms with E-state index in [0.717, 1.165) is 0 Å². The van der Waals surface area contributed by atoms with Gasteiger partial charge >= 0.3 is 0 Å². The Morgan fingerprint density at radius 2 is 0.958 bits per heavy atom. The minimum absolute atomic E-state index is 1.33. The van der Waals surface area contributed by atoms with Crippen molar-refractivity contribution in [3.05, 3.63) is 72.8 Å². The molecule has 0 saturated heterocycles. The van der Waals surface area contributed by atoms with Crippen LogP contribution in [-0.2, 0) is 0 Å². The molecule has 0 amide bonds.